The first-order valence-electron chi connectivity index (χ1n) is 9.55. The summed E-state index contributed by atoms with van der Waals surface area (Å²) >= 11 is 8.15. The molecule has 0 spiro atoms. The second kappa shape index (κ2) is 6.63. The Morgan fingerprint density at radius 3 is 2.67 bits per heavy atom. The van der Waals surface area contributed by atoms with Crippen LogP contribution >= 0.6 is 22.9 Å². The number of fused-ring (bicyclic) bond motifs is 1. The zero-order valence-corrected chi connectivity index (χ0v) is 18.9. The summed E-state index contributed by atoms with van der Waals surface area (Å²) in [6.45, 7) is 1.75. The van der Waals surface area contributed by atoms with Crippen LogP contribution in [0, 0.1) is 0 Å². The summed E-state index contributed by atoms with van der Waals surface area (Å²) in [5.41, 5.74) is 7.64. The van der Waals surface area contributed by atoms with Crippen LogP contribution in [0.1, 0.15) is 36.3 Å². The summed E-state index contributed by atoms with van der Waals surface area (Å²) in [4.78, 5) is 14.3. The summed E-state index contributed by atoms with van der Waals surface area (Å²) in [5.74, 6) is 0.333. The van der Waals surface area contributed by atoms with Crippen LogP contribution in [-0.4, -0.2) is 41.5 Å². The molecule has 1 aliphatic carbocycles. The lowest BCUT2D eigenvalue weighted by molar-refractivity contribution is 0.482. The molecule has 2 aliphatic rings. The van der Waals surface area contributed by atoms with Crippen LogP contribution in [0.4, 0.5) is 0 Å². The van der Waals surface area contributed by atoms with E-state index in [1.807, 2.05) is 18.3 Å². The van der Waals surface area contributed by atoms with Gasteiger partial charge in [0.2, 0.25) is 16.0 Å². The number of pyridine rings is 2. The van der Waals surface area contributed by atoms with Crippen molar-refractivity contribution in [2.45, 2.75) is 31.2 Å². The quantitative estimate of drug-likeness (QED) is 0.640. The molecule has 1 unspecified atom stereocenters. The third-order valence-electron chi connectivity index (χ3n) is 5.65. The number of rotatable bonds is 3. The van der Waals surface area contributed by atoms with E-state index in [0.717, 1.165) is 31.3 Å². The minimum absolute atomic E-state index is 0.0458. The number of aromatic nitrogens is 2. The maximum absolute atomic E-state index is 12.6. The number of aliphatic imine (C=N–C) groups is 1. The molecule has 10 heteroatoms. The fourth-order valence-corrected chi connectivity index (χ4v) is 7.13. The van der Waals surface area contributed by atoms with Crippen LogP contribution < -0.4 is 5.73 Å². The number of sulfonamides is 1. The lowest BCUT2D eigenvalue weighted by Gasteiger charge is -2.33. The topological polar surface area (TPSA) is 102 Å². The van der Waals surface area contributed by atoms with Crippen molar-refractivity contribution in [3.05, 3.63) is 46.2 Å². The minimum Gasteiger partial charge on any atom is -0.369 e. The van der Waals surface area contributed by atoms with Crippen molar-refractivity contribution in [1.29, 1.82) is 0 Å². The van der Waals surface area contributed by atoms with Crippen molar-refractivity contribution in [3.63, 3.8) is 0 Å². The van der Waals surface area contributed by atoms with Crippen LogP contribution in [0.15, 0.2) is 35.6 Å². The Morgan fingerprint density at radius 2 is 2.03 bits per heavy atom. The summed E-state index contributed by atoms with van der Waals surface area (Å²) < 4.78 is 27.1. The van der Waals surface area contributed by atoms with Gasteiger partial charge < -0.3 is 5.73 Å². The fourth-order valence-electron chi connectivity index (χ4n) is 3.78. The molecule has 1 atom stereocenters. The van der Waals surface area contributed by atoms with Crippen LogP contribution in [0.2, 0.25) is 5.02 Å². The molecule has 1 saturated carbocycles. The predicted molar refractivity (Wildman–Crippen MR) is 120 cm³/mol. The van der Waals surface area contributed by atoms with E-state index in [-0.39, 0.29) is 11.7 Å². The zero-order chi connectivity index (χ0) is 21.3. The first kappa shape index (κ1) is 19.7. The van der Waals surface area contributed by atoms with Crippen LogP contribution in [-0.2, 0) is 15.6 Å². The third kappa shape index (κ3) is 3.07. The van der Waals surface area contributed by atoms with Gasteiger partial charge in [-0.25, -0.2) is 17.7 Å². The molecule has 0 bridgehead atoms. The summed E-state index contributed by atoms with van der Waals surface area (Å²) in [7, 11) is -2.19. The Kier molecular flexibility index (Phi) is 4.36. The Hall–Kier alpha value is -2.23. The molecule has 7 nitrogen and oxygen atoms in total. The maximum Gasteiger partial charge on any atom is 0.239 e. The summed E-state index contributed by atoms with van der Waals surface area (Å²) in [6.07, 6.45) is 5.95. The molecule has 0 radical (unpaired) electrons. The largest absolute Gasteiger partial charge is 0.369 e. The van der Waals surface area contributed by atoms with Crippen LogP contribution in [0.25, 0.3) is 21.3 Å². The normalized spacial score (nSPS) is 23.6. The molecular formula is C20H20ClN5O2S2. The van der Waals surface area contributed by atoms with Crippen molar-refractivity contribution in [2.24, 2.45) is 10.7 Å². The average molecular weight is 462 g/mol. The molecular weight excluding hydrogens is 442 g/mol. The highest BCUT2D eigenvalue weighted by Gasteiger charge is 2.43. The molecule has 1 fully saturated rings. The molecule has 0 aromatic carbocycles. The van der Waals surface area contributed by atoms with Crippen molar-refractivity contribution in [1.82, 2.24) is 14.3 Å². The van der Waals surface area contributed by atoms with E-state index in [4.69, 9.17) is 17.3 Å². The number of nitrogens with zero attached hydrogens (tertiary/aromatic N) is 4. The number of thiophene rings is 1. The number of hydrogen-bond acceptors (Lipinski definition) is 7. The summed E-state index contributed by atoms with van der Waals surface area (Å²) in [5, 5.41) is 1.30. The molecule has 3 aromatic rings. The Morgan fingerprint density at radius 1 is 1.27 bits per heavy atom. The highest BCUT2D eigenvalue weighted by atomic mass is 35.5. The Bertz CT molecular complexity index is 1300. The number of hydrogen-bond donors (Lipinski definition) is 1. The lowest BCUT2D eigenvalue weighted by atomic mass is 10.0. The fraction of sp³-hybridized carbons (Fsp3) is 0.350. The van der Waals surface area contributed by atoms with Crippen molar-refractivity contribution >= 4 is 49.0 Å². The van der Waals surface area contributed by atoms with Gasteiger partial charge in [-0.1, -0.05) is 11.6 Å². The molecule has 2 N–H and O–H groups in total. The van der Waals surface area contributed by atoms with Crippen LogP contribution in [0.3, 0.4) is 0 Å². The van der Waals surface area contributed by atoms with E-state index in [1.54, 1.807) is 13.1 Å². The molecule has 4 heterocycles. The van der Waals surface area contributed by atoms with Gasteiger partial charge in [0.1, 0.15) is 5.54 Å². The van der Waals surface area contributed by atoms with Gasteiger partial charge in [0.25, 0.3) is 0 Å². The molecule has 0 amide bonds. The van der Waals surface area contributed by atoms with E-state index in [0.29, 0.717) is 15.8 Å². The Labute approximate surface area is 183 Å². The molecule has 0 saturated heterocycles. The van der Waals surface area contributed by atoms with Gasteiger partial charge in [-0.05, 0) is 38.0 Å². The second-order valence-corrected chi connectivity index (χ2v) is 11.4. The maximum atomic E-state index is 12.6. The van der Waals surface area contributed by atoms with Crippen molar-refractivity contribution in [2.75, 3.05) is 12.8 Å². The van der Waals surface area contributed by atoms with Gasteiger partial charge >= 0.3 is 0 Å². The summed E-state index contributed by atoms with van der Waals surface area (Å²) in [6, 6.07) is 5.93. The molecule has 5 rings (SSSR count). The number of guanidine groups is 1. The first-order chi connectivity index (χ1) is 14.2. The molecule has 1 aliphatic heterocycles. The minimum atomic E-state index is -3.59. The van der Waals surface area contributed by atoms with Crippen molar-refractivity contribution in [3.8, 4) is 11.3 Å². The average Bonchev–Trinajstić information content (AvgIpc) is 3.49. The van der Waals surface area contributed by atoms with Gasteiger partial charge in [-0.15, -0.1) is 11.3 Å². The van der Waals surface area contributed by atoms with Crippen molar-refractivity contribution < 1.29 is 8.42 Å². The number of nitrogens with two attached hydrogens (primary N) is 1. The van der Waals surface area contributed by atoms with E-state index in [2.05, 4.69) is 21.0 Å². The first-order valence-corrected chi connectivity index (χ1v) is 12.4. The predicted octanol–water partition coefficient (Wildman–Crippen LogP) is 3.69. The van der Waals surface area contributed by atoms with Gasteiger partial charge in [0.05, 0.1) is 26.0 Å². The zero-order valence-electron chi connectivity index (χ0n) is 16.5. The lowest BCUT2D eigenvalue weighted by Crippen LogP contribution is -2.50. The number of halogens is 1. The van der Waals surface area contributed by atoms with E-state index >= 15 is 0 Å². The highest BCUT2D eigenvalue weighted by molar-refractivity contribution is 7.89. The molecule has 156 valence electrons. The monoisotopic (exact) mass is 461 g/mol. The van der Waals surface area contributed by atoms with Gasteiger partial charge in [-0.3, -0.25) is 9.97 Å². The van der Waals surface area contributed by atoms with E-state index in [9.17, 15) is 8.42 Å². The molecule has 30 heavy (non-hydrogen) atoms. The molecule has 3 aromatic heterocycles. The van der Waals surface area contributed by atoms with Crippen LogP contribution in [0.5, 0.6) is 0 Å². The second-order valence-electron chi connectivity index (χ2n) is 8.00. The van der Waals surface area contributed by atoms with Gasteiger partial charge in [-0.2, -0.15) is 0 Å². The standard InChI is InChI=1S/C20H20ClN5O2S2/c1-20(10-30(27,28)26(2)19(22)25-20)18-15(21)13-7-8-23-16(17(13)29-18)12-5-6-14(24-9-12)11-3-4-11/h5-9,11H,3-4,10H2,1-2H3,(H2,22,25). The van der Waals surface area contributed by atoms with Gasteiger partial charge in [0, 0.05) is 42.0 Å². The third-order valence-corrected chi connectivity index (χ3v) is 9.57. The van der Waals surface area contributed by atoms with E-state index < -0.39 is 15.6 Å². The van der Waals surface area contributed by atoms with E-state index in [1.165, 1.54) is 31.2 Å². The Balaban J connectivity index is 1.65. The highest BCUT2D eigenvalue weighted by Crippen LogP contribution is 2.47. The van der Waals surface area contributed by atoms with Gasteiger partial charge in [0.15, 0.2) is 0 Å². The SMILES string of the molecule is CN1C(N)=NC(C)(c2sc3c(-c4ccc(C5CC5)nc4)nccc3c2Cl)CS1(=O)=O. The smallest absolute Gasteiger partial charge is 0.239 e.